The van der Waals surface area contributed by atoms with Gasteiger partial charge in [0.25, 0.3) is 0 Å². The number of benzene rings is 2. The fourth-order valence-electron chi connectivity index (χ4n) is 4.03. The first-order chi connectivity index (χ1) is 15.2. The Morgan fingerprint density at radius 3 is 2.19 bits per heavy atom. The Hall–Kier alpha value is -1.84. The molecule has 176 valence electrons. The second-order valence-electron chi connectivity index (χ2n) is 7.94. The highest BCUT2D eigenvalue weighted by atomic mass is 127. The molecule has 1 heterocycles. The van der Waals surface area contributed by atoms with Crippen molar-refractivity contribution in [2.24, 2.45) is 4.99 Å². The van der Waals surface area contributed by atoms with E-state index in [4.69, 9.17) is 9.47 Å². The number of likely N-dealkylation sites (tertiary alicyclic amines) is 1. The van der Waals surface area contributed by atoms with Gasteiger partial charge < -0.3 is 20.1 Å². The number of aliphatic imine (C=N–C) groups is 1. The van der Waals surface area contributed by atoms with Gasteiger partial charge in [-0.3, -0.25) is 9.89 Å². The number of ether oxygens (including phenoxy) is 2. The number of halogens is 1. The van der Waals surface area contributed by atoms with E-state index in [9.17, 15) is 0 Å². The summed E-state index contributed by atoms with van der Waals surface area (Å²) >= 11 is 0. The van der Waals surface area contributed by atoms with Crippen molar-refractivity contribution in [2.75, 3.05) is 40.9 Å². The van der Waals surface area contributed by atoms with Gasteiger partial charge in [0, 0.05) is 27.2 Å². The van der Waals surface area contributed by atoms with Crippen molar-refractivity contribution in [1.82, 2.24) is 15.5 Å². The summed E-state index contributed by atoms with van der Waals surface area (Å²) in [5.74, 6) is 1.71. The summed E-state index contributed by atoms with van der Waals surface area (Å²) < 4.78 is 10.5. The molecule has 1 fully saturated rings. The molecule has 0 aromatic heterocycles. The molecule has 32 heavy (non-hydrogen) atoms. The molecule has 0 radical (unpaired) electrons. The molecule has 0 aliphatic carbocycles. The number of hydrogen-bond acceptors (Lipinski definition) is 4. The van der Waals surface area contributed by atoms with Gasteiger partial charge in [-0.05, 0) is 54.8 Å². The van der Waals surface area contributed by atoms with Crippen molar-refractivity contribution >= 4 is 29.9 Å². The molecule has 1 aliphatic heterocycles. The van der Waals surface area contributed by atoms with Crippen LogP contribution in [-0.2, 0) is 17.9 Å². The average Bonchev–Trinajstić information content (AvgIpc) is 2.83. The Bertz CT molecular complexity index is 806. The first-order valence-electron chi connectivity index (χ1n) is 11.1. The van der Waals surface area contributed by atoms with E-state index in [0.29, 0.717) is 12.6 Å². The third-order valence-corrected chi connectivity index (χ3v) is 5.81. The maximum atomic E-state index is 5.34. The lowest BCUT2D eigenvalue weighted by Crippen LogP contribution is -2.44. The summed E-state index contributed by atoms with van der Waals surface area (Å²) in [5.41, 5.74) is 3.70. The number of guanidine groups is 1. The van der Waals surface area contributed by atoms with Crippen LogP contribution in [0.3, 0.4) is 0 Å². The standard InChI is InChI=1S/C25H36N4O2.HI/c1-26-25(27-17-20-7-9-21(10-8-20)19-30-2)28-18-24(29-15-5-4-6-16-29)22-11-13-23(31-3)14-12-22;/h7-14,24H,4-6,15-19H2,1-3H3,(H2,26,27,28);1H. The normalized spacial score (nSPS) is 15.5. The SMILES string of the molecule is CN=C(NCc1ccc(COC)cc1)NCC(c1ccc(OC)cc1)N1CCCCC1.I. The Kier molecular flexibility index (Phi) is 11.8. The topological polar surface area (TPSA) is 58.1 Å². The highest BCUT2D eigenvalue weighted by Gasteiger charge is 2.22. The van der Waals surface area contributed by atoms with E-state index in [1.54, 1.807) is 14.2 Å². The number of hydrogen-bond donors (Lipinski definition) is 2. The molecule has 2 N–H and O–H groups in total. The summed E-state index contributed by atoms with van der Waals surface area (Å²) in [6.07, 6.45) is 3.85. The smallest absolute Gasteiger partial charge is 0.191 e. The molecule has 1 atom stereocenters. The summed E-state index contributed by atoms with van der Waals surface area (Å²) in [7, 11) is 5.24. The summed E-state index contributed by atoms with van der Waals surface area (Å²) in [6.45, 7) is 4.44. The van der Waals surface area contributed by atoms with Crippen LogP contribution < -0.4 is 15.4 Å². The van der Waals surface area contributed by atoms with Crippen molar-refractivity contribution in [3.63, 3.8) is 0 Å². The van der Waals surface area contributed by atoms with Crippen molar-refractivity contribution in [1.29, 1.82) is 0 Å². The lowest BCUT2D eigenvalue weighted by atomic mass is 10.0. The quantitative estimate of drug-likeness (QED) is 0.275. The van der Waals surface area contributed by atoms with Gasteiger partial charge in [-0.15, -0.1) is 24.0 Å². The molecule has 0 bridgehead atoms. The lowest BCUT2D eigenvalue weighted by molar-refractivity contribution is 0.164. The third kappa shape index (κ3) is 7.94. The van der Waals surface area contributed by atoms with Gasteiger partial charge in [0.2, 0.25) is 0 Å². The van der Waals surface area contributed by atoms with E-state index < -0.39 is 0 Å². The number of piperidine rings is 1. The van der Waals surface area contributed by atoms with Gasteiger partial charge >= 0.3 is 0 Å². The molecule has 1 saturated heterocycles. The third-order valence-electron chi connectivity index (χ3n) is 5.81. The van der Waals surface area contributed by atoms with E-state index in [-0.39, 0.29) is 24.0 Å². The summed E-state index contributed by atoms with van der Waals surface area (Å²) in [4.78, 5) is 7.01. The van der Waals surface area contributed by atoms with Crippen LogP contribution >= 0.6 is 24.0 Å². The van der Waals surface area contributed by atoms with Crippen LogP contribution in [0.1, 0.15) is 42.0 Å². The Balaban J connectivity index is 0.00000363. The Morgan fingerprint density at radius 2 is 1.59 bits per heavy atom. The largest absolute Gasteiger partial charge is 0.497 e. The van der Waals surface area contributed by atoms with Crippen molar-refractivity contribution in [3.8, 4) is 5.75 Å². The number of methoxy groups -OCH3 is 2. The van der Waals surface area contributed by atoms with Gasteiger partial charge in [0.15, 0.2) is 5.96 Å². The van der Waals surface area contributed by atoms with Gasteiger partial charge in [0.05, 0.1) is 19.8 Å². The van der Waals surface area contributed by atoms with E-state index in [1.807, 2.05) is 19.2 Å². The molecule has 0 spiro atoms. The Morgan fingerprint density at radius 1 is 0.938 bits per heavy atom. The predicted molar refractivity (Wildman–Crippen MR) is 142 cm³/mol. The average molecular weight is 553 g/mol. The summed E-state index contributed by atoms with van der Waals surface area (Å²) in [5, 5.41) is 6.98. The number of nitrogens with zero attached hydrogens (tertiary/aromatic N) is 2. The van der Waals surface area contributed by atoms with Crippen LogP contribution in [0.25, 0.3) is 0 Å². The number of nitrogens with one attached hydrogen (secondary N) is 2. The van der Waals surface area contributed by atoms with Crippen molar-refractivity contribution < 1.29 is 9.47 Å². The second-order valence-corrected chi connectivity index (χ2v) is 7.94. The molecule has 0 amide bonds. The van der Waals surface area contributed by atoms with Crippen LogP contribution in [0.4, 0.5) is 0 Å². The van der Waals surface area contributed by atoms with Crippen LogP contribution in [0.15, 0.2) is 53.5 Å². The molecule has 6 nitrogen and oxygen atoms in total. The lowest BCUT2D eigenvalue weighted by Gasteiger charge is -2.35. The zero-order valence-corrected chi connectivity index (χ0v) is 21.8. The zero-order valence-electron chi connectivity index (χ0n) is 19.5. The van der Waals surface area contributed by atoms with Crippen LogP contribution in [-0.4, -0.2) is 51.8 Å². The second kappa shape index (κ2) is 14.3. The monoisotopic (exact) mass is 552 g/mol. The maximum Gasteiger partial charge on any atom is 0.191 e. The molecule has 7 heteroatoms. The molecule has 1 unspecified atom stereocenters. The van der Waals surface area contributed by atoms with Gasteiger partial charge in [0.1, 0.15) is 5.75 Å². The number of rotatable bonds is 9. The fraction of sp³-hybridized carbons (Fsp3) is 0.480. The minimum Gasteiger partial charge on any atom is -0.497 e. The predicted octanol–water partition coefficient (Wildman–Crippen LogP) is 4.35. The minimum atomic E-state index is 0. The van der Waals surface area contributed by atoms with Gasteiger partial charge in [-0.2, -0.15) is 0 Å². The first-order valence-corrected chi connectivity index (χ1v) is 11.1. The maximum absolute atomic E-state index is 5.34. The van der Waals surface area contributed by atoms with Crippen molar-refractivity contribution in [2.45, 2.75) is 38.5 Å². The van der Waals surface area contributed by atoms with E-state index in [0.717, 1.165) is 37.9 Å². The highest BCUT2D eigenvalue weighted by molar-refractivity contribution is 14.0. The van der Waals surface area contributed by atoms with Crippen LogP contribution in [0.2, 0.25) is 0 Å². The highest BCUT2D eigenvalue weighted by Crippen LogP contribution is 2.25. The van der Waals surface area contributed by atoms with Gasteiger partial charge in [-0.25, -0.2) is 0 Å². The molecule has 0 saturated carbocycles. The molecular weight excluding hydrogens is 515 g/mol. The Labute approximate surface area is 209 Å². The van der Waals surface area contributed by atoms with Crippen LogP contribution in [0.5, 0.6) is 5.75 Å². The minimum absolute atomic E-state index is 0. The van der Waals surface area contributed by atoms with Gasteiger partial charge in [-0.1, -0.05) is 42.8 Å². The van der Waals surface area contributed by atoms with Crippen LogP contribution in [0, 0.1) is 0 Å². The molecule has 2 aromatic carbocycles. The zero-order chi connectivity index (χ0) is 21.9. The molecular formula is C25H37IN4O2. The molecule has 1 aliphatic rings. The van der Waals surface area contributed by atoms with E-state index >= 15 is 0 Å². The first kappa shape index (κ1) is 26.4. The molecule has 3 rings (SSSR count). The summed E-state index contributed by atoms with van der Waals surface area (Å²) in [6, 6.07) is 17.2. The van der Waals surface area contributed by atoms with E-state index in [2.05, 4.69) is 56.9 Å². The fourth-order valence-corrected chi connectivity index (χ4v) is 4.03. The van der Waals surface area contributed by atoms with E-state index in [1.165, 1.54) is 36.0 Å². The van der Waals surface area contributed by atoms with Crippen molar-refractivity contribution in [3.05, 3.63) is 65.2 Å². The molecule has 2 aromatic rings.